The van der Waals surface area contributed by atoms with E-state index in [-0.39, 0.29) is 37.4 Å². The average Bonchev–Trinajstić information content (AvgIpc) is 3.19. The van der Waals surface area contributed by atoms with Crippen LogP contribution in [0.15, 0.2) is 42.5 Å². The maximum atomic E-state index is 13.7. The fourth-order valence-electron chi connectivity index (χ4n) is 3.15. The molecule has 2 aliphatic heterocycles. The highest BCUT2D eigenvalue weighted by molar-refractivity contribution is 6.06. The van der Waals surface area contributed by atoms with Crippen molar-refractivity contribution in [3.63, 3.8) is 0 Å². The number of benzene rings is 2. The first-order chi connectivity index (χ1) is 12.6. The number of rotatable bonds is 5. The van der Waals surface area contributed by atoms with E-state index in [0.717, 1.165) is 0 Å². The van der Waals surface area contributed by atoms with E-state index in [4.69, 9.17) is 9.47 Å². The second-order valence-electron chi connectivity index (χ2n) is 6.19. The van der Waals surface area contributed by atoms with Crippen molar-refractivity contribution in [1.29, 1.82) is 0 Å². The van der Waals surface area contributed by atoms with Gasteiger partial charge < -0.3 is 14.8 Å². The Bertz CT molecular complexity index is 870. The van der Waals surface area contributed by atoms with Crippen LogP contribution in [0.5, 0.6) is 11.5 Å². The molecule has 2 aromatic carbocycles. The quantitative estimate of drug-likeness (QED) is 0.833. The number of likely N-dealkylation sites (tertiary alicyclic amines) is 1. The molecule has 2 aromatic rings. The Morgan fingerprint density at radius 1 is 1.12 bits per heavy atom. The van der Waals surface area contributed by atoms with Crippen LogP contribution in [-0.2, 0) is 16.0 Å². The molecule has 1 atom stereocenters. The number of amides is 2. The number of imide groups is 1. The summed E-state index contributed by atoms with van der Waals surface area (Å²) in [7, 11) is 0. The van der Waals surface area contributed by atoms with E-state index in [9.17, 15) is 14.0 Å². The van der Waals surface area contributed by atoms with Crippen molar-refractivity contribution in [3.8, 4) is 11.5 Å². The summed E-state index contributed by atoms with van der Waals surface area (Å²) in [6.07, 6.45) is 0.367. The number of halogens is 1. The number of carbonyl (C=O) groups excluding carboxylic acids is 2. The number of hydrogen-bond acceptors (Lipinski definition) is 5. The highest BCUT2D eigenvalue weighted by Gasteiger charge is 2.38. The van der Waals surface area contributed by atoms with Crippen molar-refractivity contribution in [2.75, 3.05) is 18.7 Å². The molecule has 134 valence electrons. The Kier molecular flexibility index (Phi) is 4.20. The zero-order chi connectivity index (χ0) is 18.1. The molecule has 7 heteroatoms. The summed E-state index contributed by atoms with van der Waals surface area (Å²) in [6, 6.07) is 11.0. The summed E-state index contributed by atoms with van der Waals surface area (Å²) in [5, 5.41) is 3.07. The van der Waals surface area contributed by atoms with Crippen LogP contribution in [0.1, 0.15) is 12.0 Å². The third-order valence-electron chi connectivity index (χ3n) is 4.52. The molecular formula is C19H17FN2O4. The van der Waals surface area contributed by atoms with E-state index < -0.39 is 6.04 Å². The number of fused-ring (bicyclic) bond motifs is 1. The zero-order valence-electron chi connectivity index (χ0n) is 13.9. The van der Waals surface area contributed by atoms with Crippen molar-refractivity contribution in [2.24, 2.45) is 0 Å². The van der Waals surface area contributed by atoms with Crippen molar-refractivity contribution in [2.45, 2.75) is 18.9 Å². The number of nitrogens with one attached hydrogen (secondary N) is 1. The van der Waals surface area contributed by atoms with Crippen LogP contribution in [0.4, 0.5) is 10.1 Å². The normalized spacial score (nSPS) is 18.5. The van der Waals surface area contributed by atoms with Crippen molar-refractivity contribution >= 4 is 17.5 Å². The molecule has 2 aliphatic rings. The Balaban J connectivity index is 1.41. The predicted octanol–water partition coefficient (Wildman–Crippen LogP) is 2.34. The molecule has 0 aromatic heterocycles. The standard InChI is InChI=1S/C19H17FN2O4/c20-14-4-2-1-3-12(14)7-8-22-18(23)10-15(19(22)24)21-13-5-6-16-17(9-13)26-11-25-16/h1-6,9,15,21H,7-8,10-11H2. The summed E-state index contributed by atoms with van der Waals surface area (Å²) < 4.78 is 24.3. The molecule has 4 rings (SSSR count). The molecule has 0 bridgehead atoms. The third kappa shape index (κ3) is 3.08. The number of nitrogens with zero attached hydrogens (tertiary/aromatic N) is 1. The Morgan fingerprint density at radius 2 is 1.92 bits per heavy atom. The molecule has 0 spiro atoms. The van der Waals surface area contributed by atoms with Gasteiger partial charge in [0, 0.05) is 18.3 Å². The Labute approximate surface area is 149 Å². The molecule has 6 nitrogen and oxygen atoms in total. The van der Waals surface area contributed by atoms with E-state index in [2.05, 4.69) is 5.32 Å². The third-order valence-corrected chi connectivity index (χ3v) is 4.52. The molecule has 2 amide bonds. The molecule has 0 aliphatic carbocycles. The van der Waals surface area contributed by atoms with E-state index in [1.54, 1.807) is 36.4 Å². The first-order valence-corrected chi connectivity index (χ1v) is 8.35. The van der Waals surface area contributed by atoms with E-state index >= 15 is 0 Å². The van der Waals surface area contributed by atoms with E-state index in [1.165, 1.54) is 11.0 Å². The Morgan fingerprint density at radius 3 is 2.77 bits per heavy atom. The summed E-state index contributed by atoms with van der Waals surface area (Å²) >= 11 is 0. The molecule has 1 fully saturated rings. The van der Waals surface area contributed by atoms with Gasteiger partial charge in [0.05, 0.1) is 6.42 Å². The smallest absolute Gasteiger partial charge is 0.252 e. The van der Waals surface area contributed by atoms with Gasteiger partial charge in [-0.2, -0.15) is 0 Å². The first-order valence-electron chi connectivity index (χ1n) is 8.35. The fourth-order valence-corrected chi connectivity index (χ4v) is 3.15. The number of carbonyl (C=O) groups is 2. The van der Waals surface area contributed by atoms with Gasteiger partial charge in [0.1, 0.15) is 11.9 Å². The molecular weight excluding hydrogens is 339 g/mol. The van der Waals surface area contributed by atoms with Gasteiger partial charge in [0.15, 0.2) is 11.5 Å². The summed E-state index contributed by atoms with van der Waals surface area (Å²) in [5.41, 5.74) is 1.16. The summed E-state index contributed by atoms with van der Waals surface area (Å²) in [4.78, 5) is 26.0. The molecule has 0 radical (unpaired) electrons. The summed E-state index contributed by atoms with van der Waals surface area (Å²) in [6.45, 7) is 0.335. The van der Waals surface area contributed by atoms with Gasteiger partial charge in [0.25, 0.3) is 5.91 Å². The lowest BCUT2D eigenvalue weighted by molar-refractivity contribution is -0.138. The highest BCUT2D eigenvalue weighted by atomic mass is 19.1. The van der Waals surface area contributed by atoms with Gasteiger partial charge in [-0.1, -0.05) is 18.2 Å². The molecule has 26 heavy (non-hydrogen) atoms. The van der Waals surface area contributed by atoms with Crippen molar-refractivity contribution in [3.05, 3.63) is 53.8 Å². The highest BCUT2D eigenvalue weighted by Crippen LogP contribution is 2.34. The lowest BCUT2D eigenvalue weighted by Crippen LogP contribution is -2.36. The first kappa shape index (κ1) is 16.4. The lowest BCUT2D eigenvalue weighted by Gasteiger charge is -2.16. The fraction of sp³-hybridized carbons (Fsp3) is 0.263. The molecule has 1 unspecified atom stereocenters. The minimum atomic E-state index is -0.636. The van der Waals surface area contributed by atoms with Crippen LogP contribution in [0.3, 0.4) is 0 Å². The lowest BCUT2D eigenvalue weighted by atomic mass is 10.1. The number of hydrogen-bond donors (Lipinski definition) is 1. The monoisotopic (exact) mass is 356 g/mol. The van der Waals surface area contributed by atoms with Gasteiger partial charge in [0.2, 0.25) is 12.7 Å². The maximum Gasteiger partial charge on any atom is 0.252 e. The topological polar surface area (TPSA) is 67.9 Å². The SMILES string of the molecule is O=C1CC(Nc2ccc3c(c2)OCO3)C(=O)N1CCc1ccccc1F. The Hall–Kier alpha value is -3.09. The minimum absolute atomic E-state index is 0.0740. The van der Waals surface area contributed by atoms with Gasteiger partial charge in [-0.25, -0.2) is 4.39 Å². The van der Waals surface area contributed by atoms with Crippen LogP contribution in [0.2, 0.25) is 0 Å². The van der Waals surface area contributed by atoms with E-state index in [1.807, 2.05) is 0 Å². The second-order valence-corrected chi connectivity index (χ2v) is 6.19. The zero-order valence-corrected chi connectivity index (χ0v) is 13.9. The van der Waals surface area contributed by atoms with Crippen LogP contribution in [0, 0.1) is 5.82 Å². The van der Waals surface area contributed by atoms with Crippen molar-refractivity contribution in [1.82, 2.24) is 4.90 Å². The largest absolute Gasteiger partial charge is 0.454 e. The molecule has 1 saturated heterocycles. The van der Waals surface area contributed by atoms with Gasteiger partial charge >= 0.3 is 0 Å². The number of ether oxygens (including phenoxy) is 2. The van der Waals surface area contributed by atoms with Gasteiger partial charge in [-0.3, -0.25) is 14.5 Å². The average molecular weight is 356 g/mol. The van der Waals surface area contributed by atoms with Crippen LogP contribution in [-0.4, -0.2) is 36.1 Å². The van der Waals surface area contributed by atoms with E-state index in [0.29, 0.717) is 29.2 Å². The molecule has 0 saturated carbocycles. The van der Waals surface area contributed by atoms with Gasteiger partial charge in [-0.05, 0) is 30.2 Å². The van der Waals surface area contributed by atoms with Crippen LogP contribution < -0.4 is 14.8 Å². The van der Waals surface area contributed by atoms with Crippen molar-refractivity contribution < 1.29 is 23.5 Å². The summed E-state index contributed by atoms with van der Waals surface area (Å²) in [5.74, 6) is 0.356. The minimum Gasteiger partial charge on any atom is -0.454 e. The molecule has 1 N–H and O–H groups in total. The maximum absolute atomic E-state index is 13.7. The number of anilines is 1. The molecule has 2 heterocycles. The van der Waals surface area contributed by atoms with Gasteiger partial charge in [-0.15, -0.1) is 0 Å². The van der Waals surface area contributed by atoms with Crippen LogP contribution in [0.25, 0.3) is 0 Å². The predicted molar refractivity (Wildman–Crippen MR) is 91.4 cm³/mol. The van der Waals surface area contributed by atoms with Crippen LogP contribution >= 0.6 is 0 Å². The second kappa shape index (κ2) is 6.67.